The first-order valence-electron chi connectivity index (χ1n) is 8.20. The summed E-state index contributed by atoms with van der Waals surface area (Å²) in [7, 11) is 2.66. The Kier molecular flexibility index (Phi) is 7.53. The Balaban J connectivity index is 2.19. The highest BCUT2D eigenvalue weighted by Crippen LogP contribution is 2.30. The van der Waals surface area contributed by atoms with Gasteiger partial charge in [-0.25, -0.2) is 0 Å². The molecule has 0 spiro atoms. The van der Waals surface area contributed by atoms with Gasteiger partial charge in [0.1, 0.15) is 6.61 Å². The first kappa shape index (κ1) is 21.7. The van der Waals surface area contributed by atoms with Crippen molar-refractivity contribution in [3.8, 4) is 23.0 Å². The second-order valence-corrected chi connectivity index (χ2v) is 5.51. The smallest absolute Gasteiger partial charge is 0.387 e. The topological polar surface area (TPSA) is 94.1 Å². The molecule has 0 N–H and O–H groups in total. The number of carboxylic acid groups (broad SMARTS) is 1. The van der Waals surface area contributed by atoms with Crippen LogP contribution in [0.15, 0.2) is 42.5 Å². The van der Waals surface area contributed by atoms with E-state index in [-0.39, 0.29) is 28.6 Å². The minimum absolute atomic E-state index is 0.130. The molecule has 2 aromatic rings. The second kappa shape index (κ2) is 10.1. The summed E-state index contributed by atoms with van der Waals surface area (Å²) in [6.07, 6.45) is 2.66. The largest absolute Gasteiger partial charge is 0.546 e. The lowest BCUT2D eigenvalue weighted by Crippen LogP contribution is -2.29. The Labute approximate surface area is 165 Å². The molecule has 0 radical (unpaired) electrons. The summed E-state index contributed by atoms with van der Waals surface area (Å²) in [4.78, 5) is 22.9. The number of benzene rings is 2. The number of carboxylic acids is 1. The molecule has 0 heterocycles. The van der Waals surface area contributed by atoms with Crippen LogP contribution in [-0.4, -0.2) is 39.2 Å². The van der Waals surface area contributed by atoms with Crippen molar-refractivity contribution in [3.05, 3.63) is 53.6 Å². The van der Waals surface area contributed by atoms with E-state index in [1.54, 1.807) is 6.07 Å². The zero-order chi connectivity index (χ0) is 21.4. The van der Waals surface area contributed by atoms with E-state index in [1.807, 2.05) is 0 Å². The van der Waals surface area contributed by atoms with Gasteiger partial charge >= 0.3 is 6.61 Å². The van der Waals surface area contributed by atoms with Gasteiger partial charge in [0.15, 0.2) is 28.8 Å². The van der Waals surface area contributed by atoms with Gasteiger partial charge in [0, 0.05) is 5.56 Å². The minimum atomic E-state index is -3.02. The second-order valence-electron chi connectivity index (χ2n) is 5.51. The molecule has 0 saturated heterocycles. The number of methoxy groups -OCH3 is 2. The Bertz CT molecular complexity index is 910. The highest BCUT2D eigenvalue weighted by Gasteiger charge is 2.12. The van der Waals surface area contributed by atoms with Crippen LogP contribution >= 0.6 is 0 Å². The molecule has 0 amide bonds. The zero-order valence-electron chi connectivity index (χ0n) is 15.5. The SMILES string of the molecule is COc1cc(C(=O)/C=C/c2ccc(OC)c(OC(F)F)c2)ccc1OCC(=O)[O-]. The van der Waals surface area contributed by atoms with Crippen LogP contribution in [0.2, 0.25) is 0 Å². The summed E-state index contributed by atoms with van der Waals surface area (Å²) in [5.74, 6) is -1.52. The molecule has 0 aliphatic heterocycles. The third-order valence-electron chi connectivity index (χ3n) is 3.62. The van der Waals surface area contributed by atoms with E-state index >= 15 is 0 Å². The molecule has 0 atom stereocenters. The number of ether oxygens (including phenoxy) is 4. The van der Waals surface area contributed by atoms with E-state index in [2.05, 4.69) is 4.74 Å². The van der Waals surface area contributed by atoms with Gasteiger partial charge < -0.3 is 28.8 Å². The van der Waals surface area contributed by atoms with E-state index in [9.17, 15) is 23.5 Å². The van der Waals surface area contributed by atoms with E-state index < -0.39 is 25.0 Å². The molecule has 0 aromatic heterocycles. The van der Waals surface area contributed by atoms with Crippen LogP contribution < -0.4 is 24.1 Å². The fourth-order valence-corrected chi connectivity index (χ4v) is 2.33. The number of hydrogen-bond acceptors (Lipinski definition) is 7. The van der Waals surface area contributed by atoms with Crippen LogP contribution in [0.4, 0.5) is 8.78 Å². The van der Waals surface area contributed by atoms with E-state index in [0.29, 0.717) is 5.56 Å². The van der Waals surface area contributed by atoms with Crippen molar-refractivity contribution >= 4 is 17.8 Å². The molecule has 29 heavy (non-hydrogen) atoms. The van der Waals surface area contributed by atoms with Gasteiger partial charge in [-0.3, -0.25) is 4.79 Å². The third kappa shape index (κ3) is 6.20. The Morgan fingerprint density at radius 3 is 2.31 bits per heavy atom. The first-order valence-corrected chi connectivity index (χ1v) is 8.20. The highest BCUT2D eigenvalue weighted by molar-refractivity contribution is 6.07. The number of ketones is 1. The monoisotopic (exact) mass is 407 g/mol. The van der Waals surface area contributed by atoms with Crippen molar-refractivity contribution in [3.63, 3.8) is 0 Å². The molecule has 0 fully saturated rings. The van der Waals surface area contributed by atoms with Gasteiger partial charge in [-0.1, -0.05) is 12.1 Å². The lowest BCUT2D eigenvalue weighted by atomic mass is 10.1. The van der Waals surface area contributed by atoms with Crippen molar-refractivity contribution in [2.24, 2.45) is 0 Å². The van der Waals surface area contributed by atoms with Crippen molar-refractivity contribution in [1.29, 1.82) is 0 Å². The molecule has 9 heteroatoms. The Morgan fingerprint density at radius 1 is 1.00 bits per heavy atom. The molecule has 0 saturated carbocycles. The molecule has 0 aliphatic carbocycles. The average molecular weight is 407 g/mol. The van der Waals surface area contributed by atoms with Crippen LogP contribution in [0.1, 0.15) is 15.9 Å². The van der Waals surface area contributed by atoms with Crippen LogP contribution in [0.3, 0.4) is 0 Å². The number of carbonyl (C=O) groups is 2. The molecule has 0 aliphatic rings. The van der Waals surface area contributed by atoms with Gasteiger partial charge in [-0.15, -0.1) is 0 Å². The maximum absolute atomic E-state index is 12.5. The number of halogens is 2. The Morgan fingerprint density at radius 2 is 1.69 bits per heavy atom. The molecule has 2 rings (SSSR count). The van der Waals surface area contributed by atoms with E-state index in [0.717, 1.165) is 0 Å². The van der Waals surface area contributed by atoms with Crippen molar-refractivity contribution in [1.82, 2.24) is 0 Å². The maximum atomic E-state index is 12.5. The van der Waals surface area contributed by atoms with Crippen LogP contribution in [0.5, 0.6) is 23.0 Å². The van der Waals surface area contributed by atoms with Crippen molar-refractivity contribution < 1.29 is 42.4 Å². The molecule has 0 unspecified atom stereocenters. The van der Waals surface area contributed by atoms with E-state index in [1.165, 1.54) is 56.7 Å². The summed E-state index contributed by atoms with van der Waals surface area (Å²) in [5, 5.41) is 10.5. The number of allylic oxidation sites excluding steroid dienone is 1. The third-order valence-corrected chi connectivity index (χ3v) is 3.62. The predicted octanol–water partition coefficient (Wildman–Crippen LogP) is 2.33. The standard InChI is InChI=1S/C20H18F2O7/c1-26-15-7-4-12(9-18(15)29-20(21)22)3-6-14(23)13-5-8-16(17(10-13)27-2)28-11-19(24)25/h3-10,20H,11H2,1-2H3,(H,24,25)/p-1/b6-3+. The lowest BCUT2D eigenvalue weighted by Gasteiger charge is -2.12. The number of carbonyl (C=O) groups excluding carboxylic acids is 2. The minimum Gasteiger partial charge on any atom is -0.546 e. The van der Waals surface area contributed by atoms with Crippen LogP contribution in [-0.2, 0) is 4.79 Å². The van der Waals surface area contributed by atoms with Crippen LogP contribution in [0, 0.1) is 0 Å². The fourth-order valence-electron chi connectivity index (χ4n) is 2.33. The van der Waals surface area contributed by atoms with Gasteiger partial charge in [0.05, 0.1) is 20.2 Å². The van der Waals surface area contributed by atoms with Gasteiger partial charge in [0.2, 0.25) is 0 Å². The molecule has 154 valence electrons. The number of aliphatic carboxylic acids is 1. The maximum Gasteiger partial charge on any atom is 0.387 e. The number of hydrogen-bond donors (Lipinski definition) is 0. The summed E-state index contributed by atoms with van der Waals surface area (Å²) in [6, 6.07) is 8.53. The summed E-state index contributed by atoms with van der Waals surface area (Å²) >= 11 is 0. The molecule has 7 nitrogen and oxygen atoms in total. The molecular formula is C20H17F2O7-. The quantitative estimate of drug-likeness (QED) is 0.441. The zero-order valence-corrected chi connectivity index (χ0v) is 15.5. The van der Waals surface area contributed by atoms with Gasteiger partial charge in [-0.05, 0) is 42.0 Å². The highest BCUT2D eigenvalue weighted by atomic mass is 19.3. The summed E-state index contributed by atoms with van der Waals surface area (Å²) < 4.78 is 44.5. The van der Waals surface area contributed by atoms with Gasteiger partial charge in [-0.2, -0.15) is 8.78 Å². The van der Waals surface area contributed by atoms with Gasteiger partial charge in [0.25, 0.3) is 0 Å². The van der Waals surface area contributed by atoms with Crippen LogP contribution in [0.25, 0.3) is 6.08 Å². The first-order chi connectivity index (χ1) is 13.8. The summed E-state index contributed by atoms with van der Waals surface area (Å²) in [6.45, 7) is -3.68. The normalized spacial score (nSPS) is 10.8. The molecule has 2 aromatic carbocycles. The fraction of sp³-hybridized carbons (Fsp3) is 0.200. The lowest BCUT2D eigenvalue weighted by molar-refractivity contribution is -0.307. The predicted molar refractivity (Wildman–Crippen MR) is 96.5 cm³/mol. The molecular weight excluding hydrogens is 390 g/mol. The van der Waals surface area contributed by atoms with E-state index in [4.69, 9.17) is 14.2 Å². The number of alkyl halides is 2. The average Bonchev–Trinajstić information content (AvgIpc) is 2.69. The van der Waals surface area contributed by atoms with Crippen molar-refractivity contribution in [2.75, 3.05) is 20.8 Å². The number of rotatable bonds is 10. The summed E-state index contributed by atoms with van der Waals surface area (Å²) in [5.41, 5.74) is 0.687. The Hall–Kier alpha value is -3.62. The van der Waals surface area contributed by atoms with Crippen molar-refractivity contribution in [2.45, 2.75) is 6.61 Å². The molecule has 0 bridgehead atoms.